The first kappa shape index (κ1) is 17.8. The van der Waals surface area contributed by atoms with E-state index in [1.807, 2.05) is 19.1 Å². The lowest BCUT2D eigenvalue weighted by molar-refractivity contribution is -0.115. The highest BCUT2D eigenvalue weighted by atomic mass is 32.2. The van der Waals surface area contributed by atoms with E-state index in [9.17, 15) is 14.4 Å². The number of hydrogen-bond donors (Lipinski definition) is 1. The zero-order valence-corrected chi connectivity index (χ0v) is 14.9. The number of methoxy groups -OCH3 is 1. The molecule has 132 valence electrons. The van der Waals surface area contributed by atoms with E-state index in [1.54, 1.807) is 36.4 Å². The predicted molar refractivity (Wildman–Crippen MR) is 98.2 cm³/mol. The maximum Gasteiger partial charge on any atom is 0.343 e. The molecule has 0 aromatic heterocycles. The molecule has 2 aromatic rings. The summed E-state index contributed by atoms with van der Waals surface area (Å²) in [7, 11) is 1.47. The summed E-state index contributed by atoms with van der Waals surface area (Å²) in [4.78, 5) is 35.5. The van der Waals surface area contributed by atoms with E-state index >= 15 is 0 Å². The molecule has 2 amide bonds. The number of carbonyl (C=O) groups is 3. The molecule has 0 atom stereocenters. The van der Waals surface area contributed by atoms with Gasteiger partial charge in [0, 0.05) is 0 Å². The number of nitrogens with one attached hydrogen (secondary N) is 1. The van der Waals surface area contributed by atoms with Crippen molar-refractivity contribution in [2.24, 2.45) is 0 Å². The number of amides is 2. The highest BCUT2D eigenvalue weighted by Gasteiger charge is 2.25. The van der Waals surface area contributed by atoms with Crippen LogP contribution in [0.4, 0.5) is 4.79 Å². The third-order valence-electron chi connectivity index (χ3n) is 3.62. The van der Waals surface area contributed by atoms with Crippen LogP contribution in [-0.2, 0) is 4.79 Å². The SMILES string of the molecule is COc1ccc(/C=C2\SC(=O)NC2=O)cc1OC(=O)c1ccc(C)cc1. The molecule has 3 rings (SSSR count). The van der Waals surface area contributed by atoms with Crippen molar-refractivity contribution in [1.82, 2.24) is 5.32 Å². The van der Waals surface area contributed by atoms with Crippen molar-refractivity contribution in [2.75, 3.05) is 7.11 Å². The number of esters is 1. The van der Waals surface area contributed by atoms with Crippen LogP contribution in [0, 0.1) is 6.92 Å². The van der Waals surface area contributed by atoms with E-state index < -0.39 is 17.1 Å². The smallest absolute Gasteiger partial charge is 0.343 e. The van der Waals surface area contributed by atoms with Crippen LogP contribution in [0.25, 0.3) is 6.08 Å². The fourth-order valence-corrected chi connectivity index (χ4v) is 2.97. The van der Waals surface area contributed by atoms with E-state index in [0.29, 0.717) is 16.9 Å². The van der Waals surface area contributed by atoms with Crippen LogP contribution in [0.5, 0.6) is 11.5 Å². The van der Waals surface area contributed by atoms with Crippen LogP contribution in [0.3, 0.4) is 0 Å². The summed E-state index contributed by atoms with van der Waals surface area (Å²) in [6.45, 7) is 1.93. The number of hydrogen-bond acceptors (Lipinski definition) is 6. The molecule has 1 aliphatic rings. The number of carbonyl (C=O) groups excluding carboxylic acids is 3. The first-order valence-corrected chi connectivity index (χ1v) is 8.49. The molecular weight excluding hydrogens is 354 g/mol. The van der Waals surface area contributed by atoms with Crippen LogP contribution in [0.15, 0.2) is 47.4 Å². The number of rotatable bonds is 4. The minimum Gasteiger partial charge on any atom is -0.493 e. The van der Waals surface area contributed by atoms with Crippen molar-refractivity contribution in [2.45, 2.75) is 6.92 Å². The number of imide groups is 1. The van der Waals surface area contributed by atoms with Crippen molar-refractivity contribution >= 4 is 35.0 Å². The van der Waals surface area contributed by atoms with Gasteiger partial charge in [0.15, 0.2) is 11.5 Å². The number of aryl methyl sites for hydroxylation is 1. The maximum atomic E-state index is 12.3. The molecule has 0 spiro atoms. The Balaban J connectivity index is 1.87. The predicted octanol–water partition coefficient (Wildman–Crippen LogP) is 3.55. The lowest BCUT2D eigenvalue weighted by Crippen LogP contribution is -2.17. The van der Waals surface area contributed by atoms with Gasteiger partial charge in [-0.15, -0.1) is 0 Å². The quantitative estimate of drug-likeness (QED) is 0.504. The van der Waals surface area contributed by atoms with Gasteiger partial charge in [-0.2, -0.15) is 0 Å². The zero-order valence-electron chi connectivity index (χ0n) is 14.1. The van der Waals surface area contributed by atoms with Crippen molar-refractivity contribution in [1.29, 1.82) is 0 Å². The Morgan fingerprint density at radius 2 is 1.81 bits per heavy atom. The molecule has 1 fully saturated rings. The van der Waals surface area contributed by atoms with Gasteiger partial charge in [0.1, 0.15) is 0 Å². The Kier molecular flexibility index (Phi) is 5.09. The van der Waals surface area contributed by atoms with Gasteiger partial charge in [0.05, 0.1) is 17.6 Å². The third-order valence-corrected chi connectivity index (χ3v) is 4.43. The van der Waals surface area contributed by atoms with E-state index in [4.69, 9.17) is 9.47 Å². The molecule has 0 aliphatic carbocycles. The second-order valence-electron chi connectivity index (χ2n) is 5.52. The third kappa shape index (κ3) is 3.94. The standard InChI is InChI=1S/C19H15NO5S/c1-11-3-6-13(7-4-11)18(22)25-15-9-12(5-8-14(15)24-2)10-16-17(21)20-19(23)26-16/h3-10H,1-2H3,(H,20,21,23)/b16-10-. The Morgan fingerprint density at radius 3 is 2.42 bits per heavy atom. The Bertz CT molecular complexity index is 918. The van der Waals surface area contributed by atoms with Crippen LogP contribution in [0.2, 0.25) is 0 Å². The van der Waals surface area contributed by atoms with Gasteiger partial charge < -0.3 is 9.47 Å². The number of thioether (sulfide) groups is 1. The summed E-state index contributed by atoms with van der Waals surface area (Å²) < 4.78 is 10.7. The van der Waals surface area contributed by atoms with Crippen molar-refractivity contribution in [3.63, 3.8) is 0 Å². The van der Waals surface area contributed by atoms with Gasteiger partial charge in [-0.05, 0) is 54.6 Å². The lowest BCUT2D eigenvalue weighted by atomic mass is 10.1. The fourth-order valence-electron chi connectivity index (χ4n) is 2.28. The summed E-state index contributed by atoms with van der Waals surface area (Å²) in [5.41, 5.74) is 2.05. The average Bonchev–Trinajstić information content (AvgIpc) is 2.93. The van der Waals surface area contributed by atoms with Gasteiger partial charge in [0.25, 0.3) is 11.1 Å². The summed E-state index contributed by atoms with van der Waals surface area (Å²) >= 11 is 0.819. The zero-order chi connectivity index (χ0) is 18.7. The molecule has 0 unspecified atom stereocenters. The van der Waals surface area contributed by atoms with E-state index in [0.717, 1.165) is 17.3 Å². The summed E-state index contributed by atoms with van der Waals surface area (Å²) in [6.07, 6.45) is 1.55. The first-order chi connectivity index (χ1) is 12.5. The molecule has 0 saturated carbocycles. The Hall–Kier alpha value is -3.06. The minimum atomic E-state index is -0.517. The van der Waals surface area contributed by atoms with Crippen LogP contribution in [-0.4, -0.2) is 24.2 Å². The number of benzene rings is 2. The second-order valence-corrected chi connectivity index (χ2v) is 6.53. The van der Waals surface area contributed by atoms with Crippen LogP contribution >= 0.6 is 11.8 Å². The second kappa shape index (κ2) is 7.45. The molecule has 2 aromatic carbocycles. The van der Waals surface area contributed by atoms with Gasteiger partial charge in [-0.3, -0.25) is 14.9 Å². The molecule has 26 heavy (non-hydrogen) atoms. The summed E-state index contributed by atoms with van der Waals surface area (Å²) in [5, 5.41) is 1.77. The molecule has 6 nitrogen and oxygen atoms in total. The molecular formula is C19H15NO5S. The fraction of sp³-hybridized carbons (Fsp3) is 0.105. The van der Waals surface area contributed by atoms with Crippen molar-refractivity contribution in [3.05, 3.63) is 64.1 Å². The molecule has 1 heterocycles. The van der Waals surface area contributed by atoms with Crippen LogP contribution < -0.4 is 14.8 Å². The van der Waals surface area contributed by atoms with E-state index in [1.165, 1.54) is 7.11 Å². The normalized spacial score (nSPS) is 15.1. The molecule has 1 aliphatic heterocycles. The average molecular weight is 369 g/mol. The summed E-state index contributed by atoms with van der Waals surface area (Å²) in [5.74, 6) is -0.361. The van der Waals surface area contributed by atoms with Crippen molar-refractivity contribution < 1.29 is 23.9 Å². The largest absolute Gasteiger partial charge is 0.493 e. The lowest BCUT2D eigenvalue weighted by Gasteiger charge is -2.10. The highest BCUT2D eigenvalue weighted by Crippen LogP contribution is 2.32. The van der Waals surface area contributed by atoms with E-state index in [2.05, 4.69) is 5.32 Å². The first-order valence-electron chi connectivity index (χ1n) is 7.68. The molecule has 0 bridgehead atoms. The summed E-state index contributed by atoms with van der Waals surface area (Å²) in [6, 6.07) is 11.9. The van der Waals surface area contributed by atoms with Gasteiger partial charge in [-0.1, -0.05) is 23.8 Å². The topological polar surface area (TPSA) is 81.7 Å². The maximum absolute atomic E-state index is 12.3. The Morgan fingerprint density at radius 1 is 1.08 bits per heavy atom. The Labute approximate surface area is 154 Å². The van der Waals surface area contributed by atoms with Gasteiger partial charge >= 0.3 is 5.97 Å². The van der Waals surface area contributed by atoms with Gasteiger partial charge in [0.2, 0.25) is 0 Å². The molecule has 1 N–H and O–H groups in total. The molecule has 1 saturated heterocycles. The molecule has 0 radical (unpaired) electrons. The van der Waals surface area contributed by atoms with E-state index in [-0.39, 0.29) is 10.7 Å². The number of ether oxygens (including phenoxy) is 2. The van der Waals surface area contributed by atoms with Gasteiger partial charge in [-0.25, -0.2) is 4.79 Å². The minimum absolute atomic E-state index is 0.224. The highest BCUT2D eigenvalue weighted by molar-refractivity contribution is 8.18. The van der Waals surface area contributed by atoms with Crippen LogP contribution in [0.1, 0.15) is 21.5 Å². The monoisotopic (exact) mass is 369 g/mol. The van der Waals surface area contributed by atoms with Crippen molar-refractivity contribution in [3.8, 4) is 11.5 Å². The molecule has 7 heteroatoms.